The summed E-state index contributed by atoms with van der Waals surface area (Å²) in [6, 6.07) is 8.93. The first kappa shape index (κ1) is 14.5. The van der Waals surface area contributed by atoms with E-state index in [2.05, 4.69) is 15.6 Å². The first-order chi connectivity index (χ1) is 10.7. The van der Waals surface area contributed by atoms with Crippen molar-refractivity contribution in [3.8, 4) is 11.6 Å². The van der Waals surface area contributed by atoms with E-state index in [0.29, 0.717) is 17.3 Å². The van der Waals surface area contributed by atoms with Crippen molar-refractivity contribution in [3.63, 3.8) is 0 Å². The Morgan fingerprint density at radius 2 is 2.09 bits per heavy atom. The molecule has 2 N–H and O–H groups in total. The lowest BCUT2D eigenvalue weighted by Crippen LogP contribution is -2.35. The van der Waals surface area contributed by atoms with E-state index in [0.717, 1.165) is 19.4 Å². The molecule has 1 unspecified atom stereocenters. The number of pyridine rings is 1. The Kier molecular flexibility index (Phi) is 4.29. The van der Waals surface area contributed by atoms with Crippen molar-refractivity contribution in [2.24, 2.45) is 0 Å². The van der Waals surface area contributed by atoms with Gasteiger partial charge in [0.25, 0.3) is 0 Å². The molecule has 1 amide bonds. The van der Waals surface area contributed by atoms with Gasteiger partial charge in [0.05, 0.1) is 17.9 Å². The lowest BCUT2D eigenvalue weighted by molar-refractivity contribution is -0.117. The van der Waals surface area contributed by atoms with E-state index in [1.165, 1.54) is 30.5 Å². The number of carbonyl (C=O) groups is 1. The summed E-state index contributed by atoms with van der Waals surface area (Å²) in [5.41, 5.74) is 0.616. The molecule has 2 heterocycles. The van der Waals surface area contributed by atoms with Crippen molar-refractivity contribution in [2.75, 3.05) is 11.9 Å². The van der Waals surface area contributed by atoms with Gasteiger partial charge in [0, 0.05) is 6.07 Å². The number of ether oxygens (including phenoxy) is 1. The number of hydrogen-bond donors (Lipinski definition) is 2. The van der Waals surface area contributed by atoms with E-state index < -0.39 is 0 Å². The first-order valence-electron chi connectivity index (χ1n) is 7.14. The molecule has 5 nitrogen and oxygen atoms in total. The Labute approximate surface area is 127 Å². The van der Waals surface area contributed by atoms with Gasteiger partial charge in [-0.1, -0.05) is 0 Å². The van der Waals surface area contributed by atoms with Gasteiger partial charge in [0.15, 0.2) is 0 Å². The predicted molar refractivity (Wildman–Crippen MR) is 80.4 cm³/mol. The van der Waals surface area contributed by atoms with Crippen molar-refractivity contribution in [1.29, 1.82) is 0 Å². The number of carbonyl (C=O) groups excluding carboxylic acids is 1. The predicted octanol–water partition coefficient (Wildman–Crippen LogP) is 2.70. The van der Waals surface area contributed by atoms with Crippen molar-refractivity contribution in [1.82, 2.24) is 10.3 Å². The quantitative estimate of drug-likeness (QED) is 0.911. The standard InChI is InChI=1S/C16H16FN3O2/c17-11-3-6-13(7-4-11)22-15-8-5-12(10-19-15)20-16(21)14-2-1-9-18-14/h3-8,10,14,18H,1-2,9H2,(H,20,21). The smallest absolute Gasteiger partial charge is 0.241 e. The highest BCUT2D eigenvalue weighted by Crippen LogP contribution is 2.20. The number of anilines is 1. The summed E-state index contributed by atoms with van der Waals surface area (Å²) >= 11 is 0. The number of amides is 1. The van der Waals surface area contributed by atoms with Gasteiger partial charge in [-0.2, -0.15) is 0 Å². The zero-order valence-electron chi connectivity index (χ0n) is 11.9. The second-order valence-corrected chi connectivity index (χ2v) is 5.08. The third-order valence-corrected chi connectivity index (χ3v) is 3.42. The summed E-state index contributed by atoms with van der Waals surface area (Å²) in [7, 11) is 0. The zero-order chi connectivity index (χ0) is 15.4. The molecular weight excluding hydrogens is 285 g/mol. The highest BCUT2D eigenvalue weighted by molar-refractivity contribution is 5.94. The Hall–Kier alpha value is -2.47. The molecule has 1 aromatic carbocycles. The fourth-order valence-corrected chi connectivity index (χ4v) is 2.28. The van der Waals surface area contributed by atoms with Crippen molar-refractivity contribution >= 4 is 11.6 Å². The first-order valence-corrected chi connectivity index (χ1v) is 7.14. The van der Waals surface area contributed by atoms with Crippen LogP contribution in [0.2, 0.25) is 0 Å². The van der Waals surface area contributed by atoms with Crippen molar-refractivity contribution < 1.29 is 13.9 Å². The topological polar surface area (TPSA) is 63.2 Å². The number of benzene rings is 1. The molecule has 1 aliphatic rings. The SMILES string of the molecule is O=C(Nc1ccc(Oc2ccc(F)cc2)nc1)C1CCCN1. The van der Waals surface area contributed by atoms with E-state index in [1.807, 2.05) is 0 Å². The Morgan fingerprint density at radius 1 is 1.27 bits per heavy atom. The normalized spacial score (nSPS) is 17.2. The van der Waals surface area contributed by atoms with Gasteiger partial charge >= 0.3 is 0 Å². The zero-order valence-corrected chi connectivity index (χ0v) is 11.9. The number of aromatic nitrogens is 1. The lowest BCUT2D eigenvalue weighted by atomic mass is 10.2. The molecule has 6 heteroatoms. The minimum atomic E-state index is -0.320. The molecule has 22 heavy (non-hydrogen) atoms. The van der Waals surface area contributed by atoms with Crippen molar-refractivity contribution in [3.05, 3.63) is 48.4 Å². The van der Waals surface area contributed by atoms with Crippen LogP contribution in [0.3, 0.4) is 0 Å². The van der Waals surface area contributed by atoms with Gasteiger partial charge < -0.3 is 15.4 Å². The minimum absolute atomic E-state index is 0.0495. The third kappa shape index (κ3) is 3.59. The summed E-state index contributed by atoms with van der Waals surface area (Å²) in [5.74, 6) is 0.509. The van der Waals surface area contributed by atoms with Crippen LogP contribution in [-0.2, 0) is 4.79 Å². The van der Waals surface area contributed by atoms with Gasteiger partial charge in [0.2, 0.25) is 11.8 Å². The molecule has 1 atom stereocenters. The van der Waals surface area contributed by atoms with Crippen LogP contribution in [0.25, 0.3) is 0 Å². The molecule has 1 fully saturated rings. The molecule has 0 radical (unpaired) electrons. The van der Waals surface area contributed by atoms with E-state index in [1.54, 1.807) is 12.1 Å². The molecule has 1 aliphatic heterocycles. The second kappa shape index (κ2) is 6.53. The highest BCUT2D eigenvalue weighted by atomic mass is 19.1. The highest BCUT2D eigenvalue weighted by Gasteiger charge is 2.21. The molecule has 0 bridgehead atoms. The average molecular weight is 301 g/mol. The van der Waals surface area contributed by atoms with Crippen LogP contribution in [0.5, 0.6) is 11.6 Å². The van der Waals surface area contributed by atoms with Gasteiger partial charge in [-0.25, -0.2) is 9.37 Å². The second-order valence-electron chi connectivity index (χ2n) is 5.08. The van der Waals surface area contributed by atoms with E-state index >= 15 is 0 Å². The maximum absolute atomic E-state index is 12.8. The Bertz CT molecular complexity index is 637. The molecule has 1 aromatic heterocycles. The summed E-state index contributed by atoms with van der Waals surface area (Å²) in [4.78, 5) is 16.1. The summed E-state index contributed by atoms with van der Waals surface area (Å²) < 4.78 is 18.3. The van der Waals surface area contributed by atoms with Gasteiger partial charge in [-0.15, -0.1) is 0 Å². The van der Waals surface area contributed by atoms with E-state index in [9.17, 15) is 9.18 Å². The molecule has 0 spiro atoms. The largest absolute Gasteiger partial charge is 0.439 e. The van der Waals surface area contributed by atoms with Crippen LogP contribution in [0.15, 0.2) is 42.6 Å². The number of nitrogens with one attached hydrogen (secondary N) is 2. The minimum Gasteiger partial charge on any atom is -0.439 e. The van der Waals surface area contributed by atoms with Crippen LogP contribution in [-0.4, -0.2) is 23.5 Å². The van der Waals surface area contributed by atoms with Crippen LogP contribution in [0.1, 0.15) is 12.8 Å². The van der Waals surface area contributed by atoms with Gasteiger partial charge in [0.1, 0.15) is 11.6 Å². The summed E-state index contributed by atoms with van der Waals surface area (Å²) in [6.45, 7) is 0.876. The maximum Gasteiger partial charge on any atom is 0.241 e. The van der Waals surface area contributed by atoms with Gasteiger partial charge in [-0.05, 0) is 49.7 Å². The average Bonchev–Trinajstić information content (AvgIpc) is 3.06. The van der Waals surface area contributed by atoms with Crippen LogP contribution >= 0.6 is 0 Å². The number of hydrogen-bond acceptors (Lipinski definition) is 4. The third-order valence-electron chi connectivity index (χ3n) is 3.42. The Morgan fingerprint density at radius 3 is 2.73 bits per heavy atom. The summed E-state index contributed by atoms with van der Waals surface area (Å²) in [5, 5.41) is 5.95. The van der Waals surface area contributed by atoms with E-state index in [-0.39, 0.29) is 17.8 Å². The van der Waals surface area contributed by atoms with Crippen LogP contribution < -0.4 is 15.4 Å². The van der Waals surface area contributed by atoms with E-state index in [4.69, 9.17) is 4.74 Å². The molecule has 0 aliphatic carbocycles. The monoisotopic (exact) mass is 301 g/mol. The molecule has 3 rings (SSSR count). The van der Waals surface area contributed by atoms with Crippen LogP contribution in [0, 0.1) is 5.82 Å². The Balaban J connectivity index is 1.60. The molecule has 2 aromatic rings. The fourth-order valence-electron chi connectivity index (χ4n) is 2.28. The molecule has 114 valence electrons. The maximum atomic E-state index is 12.8. The molecule has 0 saturated carbocycles. The summed E-state index contributed by atoms with van der Waals surface area (Å²) in [6.07, 6.45) is 3.40. The van der Waals surface area contributed by atoms with Crippen molar-refractivity contribution in [2.45, 2.75) is 18.9 Å². The lowest BCUT2D eigenvalue weighted by Gasteiger charge is -2.11. The number of halogens is 1. The fraction of sp³-hybridized carbons (Fsp3) is 0.250. The molecular formula is C16H16FN3O2. The van der Waals surface area contributed by atoms with Crippen LogP contribution in [0.4, 0.5) is 10.1 Å². The van der Waals surface area contributed by atoms with Gasteiger partial charge in [-0.3, -0.25) is 4.79 Å². The molecule has 1 saturated heterocycles. The number of nitrogens with zero attached hydrogens (tertiary/aromatic N) is 1. The number of rotatable bonds is 4.